The summed E-state index contributed by atoms with van der Waals surface area (Å²) in [6.45, 7) is 0.440. The maximum absolute atomic E-state index is 12.3. The molecule has 6 heteroatoms. The predicted octanol–water partition coefficient (Wildman–Crippen LogP) is 4.63. The Balaban J connectivity index is 1.76. The summed E-state index contributed by atoms with van der Waals surface area (Å²) in [5.74, 6) is -0.251. The monoisotopic (exact) mass is 400 g/mol. The number of nitrogens with one attached hydrogen (secondary N) is 2. The Labute approximate surface area is 167 Å². The highest BCUT2D eigenvalue weighted by atomic mass is 35.5. The molecule has 0 radical (unpaired) electrons. The first-order valence-electron chi connectivity index (χ1n) is 8.51. The first-order chi connectivity index (χ1) is 13.0. The summed E-state index contributed by atoms with van der Waals surface area (Å²) in [6, 6.07) is 18.2. The molecule has 0 unspecified atom stereocenters. The molecule has 0 fully saturated rings. The Morgan fingerprint density at radius 3 is 2.15 bits per heavy atom. The Morgan fingerprint density at radius 1 is 0.963 bits per heavy atom. The zero-order valence-electron chi connectivity index (χ0n) is 14.4. The Morgan fingerprint density at radius 2 is 1.59 bits per heavy atom. The number of pyridine rings is 1. The lowest BCUT2D eigenvalue weighted by atomic mass is 9.88. The molecule has 2 aromatic carbocycles. The van der Waals surface area contributed by atoms with Crippen LogP contribution in [0.15, 0.2) is 71.7 Å². The van der Waals surface area contributed by atoms with E-state index in [-0.39, 0.29) is 17.4 Å². The number of hydrogen-bond acceptors (Lipinski definition) is 2. The lowest BCUT2D eigenvalue weighted by Crippen LogP contribution is -2.27. The highest BCUT2D eigenvalue weighted by Crippen LogP contribution is 2.30. The van der Waals surface area contributed by atoms with E-state index in [1.165, 1.54) is 12.3 Å². The molecule has 4 nitrogen and oxygen atoms in total. The van der Waals surface area contributed by atoms with Crippen LogP contribution >= 0.6 is 23.2 Å². The van der Waals surface area contributed by atoms with Crippen molar-refractivity contribution in [3.63, 3.8) is 0 Å². The number of aromatic nitrogens is 1. The largest absolute Gasteiger partial charge is 0.352 e. The second-order valence-corrected chi connectivity index (χ2v) is 7.02. The molecule has 138 valence electrons. The Hall–Kier alpha value is -2.56. The van der Waals surface area contributed by atoms with Crippen LogP contribution in [0.1, 0.15) is 33.8 Å². The molecule has 0 saturated heterocycles. The fraction of sp³-hybridized carbons (Fsp3) is 0.143. The molecule has 1 amide bonds. The molecule has 0 aliphatic rings. The van der Waals surface area contributed by atoms with Crippen molar-refractivity contribution in [2.45, 2.75) is 12.3 Å². The Kier molecular flexibility index (Phi) is 6.32. The summed E-state index contributed by atoms with van der Waals surface area (Å²) in [5, 5.41) is 4.19. The average molecular weight is 401 g/mol. The summed E-state index contributed by atoms with van der Waals surface area (Å²) in [4.78, 5) is 26.1. The molecule has 27 heavy (non-hydrogen) atoms. The molecule has 1 aromatic heterocycles. The number of aromatic amines is 1. The first-order valence-corrected chi connectivity index (χ1v) is 9.26. The summed E-state index contributed by atoms with van der Waals surface area (Å²) in [5.41, 5.74) is 2.13. The quantitative estimate of drug-likeness (QED) is 0.633. The summed E-state index contributed by atoms with van der Waals surface area (Å²) >= 11 is 12.3. The molecule has 1 heterocycles. The zero-order valence-corrected chi connectivity index (χ0v) is 15.9. The average Bonchev–Trinajstić information content (AvgIpc) is 2.65. The van der Waals surface area contributed by atoms with Gasteiger partial charge >= 0.3 is 0 Å². The van der Waals surface area contributed by atoms with Crippen LogP contribution in [-0.2, 0) is 0 Å². The van der Waals surface area contributed by atoms with Crippen LogP contribution < -0.4 is 10.9 Å². The number of rotatable bonds is 6. The van der Waals surface area contributed by atoms with Crippen LogP contribution in [-0.4, -0.2) is 17.4 Å². The van der Waals surface area contributed by atoms with E-state index >= 15 is 0 Å². The molecule has 0 atom stereocenters. The van der Waals surface area contributed by atoms with Crippen LogP contribution in [0.4, 0.5) is 0 Å². The predicted molar refractivity (Wildman–Crippen MR) is 109 cm³/mol. The maximum atomic E-state index is 12.3. The van der Waals surface area contributed by atoms with E-state index < -0.39 is 0 Å². The third kappa shape index (κ3) is 5.22. The zero-order chi connectivity index (χ0) is 19.2. The van der Waals surface area contributed by atoms with Gasteiger partial charge in [-0.05, 0) is 47.9 Å². The molecule has 0 bridgehead atoms. The second kappa shape index (κ2) is 8.89. The number of amides is 1. The van der Waals surface area contributed by atoms with Crippen molar-refractivity contribution in [3.05, 3.63) is 104 Å². The molecular weight excluding hydrogens is 383 g/mol. The second-order valence-electron chi connectivity index (χ2n) is 6.15. The highest BCUT2D eigenvalue weighted by Gasteiger charge is 2.16. The number of benzene rings is 2. The lowest BCUT2D eigenvalue weighted by Gasteiger charge is -2.19. The minimum atomic E-state index is -0.307. The standard InChI is InChI=1S/C21H18Cl2N2O2/c22-17-5-1-3-14(11-17)19(15-4-2-6-18(23)12-15)8-10-25-21(27)16-7-9-24-20(26)13-16/h1-7,9,11-13,19H,8,10H2,(H,24,26)(H,25,27). The van der Waals surface area contributed by atoms with Gasteiger partial charge in [0.15, 0.2) is 0 Å². The number of hydrogen-bond donors (Lipinski definition) is 2. The van der Waals surface area contributed by atoms with E-state index in [4.69, 9.17) is 23.2 Å². The van der Waals surface area contributed by atoms with Crippen molar-refractivity contribution >= 4 is 29.1 Å². The van der Waals surface area contributed by atoms with Gasteiger partial charge in [-0.25, -0.2) is 0 Å². The third-order valence-corrected chi connectivity index (χ3v) is 4.73. The van der Waals surface area contributed by atoms with Crippen molar-refractivity contribution in [3.8, 4) is 0 Å². The van der Waals surface area contributed by atoms with Crippen LogP contribution in [0, 0.1) is 0 Å². The third-order valence-electron chi connectivity index (χ3n) is 4.26. The fourth-order valence-corrected chi connectivity index (χ4v) is 3.39. The van der Waals surface area contributed by atoms with E-state index in [1.54, 1.807) is 6.07 Å². The Bertz CT molecular complexity index is 955. The van der Waals surface area contributed by atoms with Gasteiger partial charge in [0.05, 0.1) is 0 Å². The summed E-state index contributed by atoms with van der Waals surface area (Å²) < 4.78 is 0. The molecular formula is C21H18Cl2N2O2. The van der Waals surface area contributed by atoms with Crippen LogP contribution in [0.5, 0.6) is 0 Å². The van der Waals surface area contributed by atoms with E-state index in [0.717, 1.165) is 11.1 Å². The fourth-order valence-electron chi connectivity index (χ4n) is 2.99. The lowest BCUT2D eigenvalue weighted by molar-refractivity contribution is 0.0952. The van der Waals surface area contributed by atoms with Gasteiger partial charge < -0.3 is 10.3 Å². The minimum Gasteiger partial charge on any atom is -0.352 e. The van der Waals surface area contributed by atoms with E-state index in [1.807, 2.05) is 48.5 Å². The van der Waals surface area contributed by atoms with Gasteiger partial charge in [0.25, 0.3) is 5.91 Å². The van der Waals surface area contributed by atoms with Crippen LogP contribution in [0.3, 0.4) is 0 Å². The minimum absolute atomic E-state index is 0.0295. The van der Waals surface area contributed by atoms with Crippen molar-refractivity contribution in [2.75, 3.05) is 6.54 Å². The maximum Gasteiger partial charge on any atom is 0.251 e. The molecule has 2 N–H and O–H groups in total. The normalized spacial score (nSPS) is 10.8. The number of carbonyl (C=O) groups excluding carboxylic acids is 1. The van der Waals surface area contributed by atoms with Gasteiger partial charge in [-0.1, -0.05) is 47.5 Å². The van der Waals surface area contributed by atoms with Gasteiger partial charge in [-0.15, -0.1) is 0 Å². The molecule has 0 spiro atoms. The first kappa shape index (κ1) is 19.2. The SMILES string of the molecule is O=C(NCCC(c1cccc(Cl)c1)c1cccc(Cl)c1)c1cc[nH]c(=O)c1. The number of halogens is 2. The van der Waals surface area contributed by atoms with Gasteiger partial charge in [-0.2, -0.15) is 0 Å². The van der Waals surface area contributed by atoms with Gasteiger partial charge in [0.1, 0.15) is 0 Å². The number of carbonyl (C=O) groups is 1. The summed E-state index contributed by atoms with van der Waals surface area (Å²) in [6.07, 6.45) is 2.12. The summed E-state index contributed by atoms with van der Waals surface area (Å²) in [7, 11) is 0. The van der Waals surface area contributed by atoms with E-state index in [9.17, 15) is 9.59 Å². The van der Waals surface area contributed by atoms with Crippen LogP contribution in [0.25, 0.3) is 0 Å². The van der Waals surface area contributed by atoms with Gasteiger partial charge in [0, 0.05) is 40.3 Å². The number of H-pyrrole nitrogens is 1. The smallest absolute Gasteiger partial charge is 0.251 e. The molecule has 3 aromatic rings. The van der Waals surface area contributed by atoms with Gasteiger partial charge in [-0.3, -0.25) is 9.59 Å². The molecule has 0 saturated carbocycles. The molecule has 3 rings (SSSR count). The van der Waals surface area contributed by atoms with Crippen molar-refractivity contribution in [2.24, 2.45) is 0 Å². The highest BCUT2D eigenvalue weighted by molar-refractivity contribution is 6.31. The topological polar surface area (TPSA) is 62.0 Å². The van der Waals surface area contributed by atoms with Crippen molar-refractivity contribution < 1.29 is 4.79 Å². The van der Waals surface area contributed by atoms with Gasteiger partial charge in [0.2, 0.25) is 5.56 Å². The van der Waals surface area contributed by atoms with Crippen LogP contribution in [0.2, 0.25) is 10.0 Å². The molecule has 0 aliphatic heterocycles. The van der Waals surface area contributed by atoms with E-state index in [2.05, 4.69) is 10.3 Å². The van der Waals surface area contributed by atoms with E-state index in [0.29, 0.717) is 28.6 Å². The molecule has 0 aliphatic carbocycles. The van der Waals surface area contributed by atoms with Crippen molar-refractivity contribution in [1.82, 2.24) is 10.3 Å². The van der Waals surface area contributed by atoms with Crippen molar-refractivity contribution in [1.29, 1.82) is 0 Å².